The van der Waals surface area contributed by atoms with Crippen LogP contribution < -0.4 is 8.92 Å². The number of hydrogen-bond donors (Lipinski definition) is 0. The number of ether oxygens (including phenoxy) is 1. The van der Waals surface area contributed by atoms with Gasteiger partial charge in [0.2, 0.25) is 0 Å². The molecule has 0 bridgehead atoms. The highest BCUT2D eigenvalue weighted by atomic mass is 32.2. The zero-order valence-electron chi connectivity index (χ0n) is 14.2. The van der Waals surface area contributed by atoms with Gasteiger partial charge in [0.05, 0.1) is 12.9 Å². The molecule has 0 radical (unpaired) electrons. The lowest BCUT2D eigenvalue weighted by Crippen LogP contribution is -2.41. The lowest BCUT2D eigenvalue weighted by Gasteiger charge is -2.36. The average Bonchev–Trinajstić information content (AvgIpc) is 2.33. The van der Waals surface area contributed by atoms with Gasteiger partial charge < -0.3 is 13.3 Å². The highest BCUT2D eigenvalue weighted by Crippen LogP contribution is 2.36. The molecule has 0 aliphatic rings. The molecule has 22 heavy (non-hydrogen) atoms. The Hall–Kier alpha value is -1.05. The van der Waals surface area contributed by atoms with Crippen LogP contribution in [-0.2, 0) is 14.5 Å². The summed E-state index contributed by atoms with van der Waals surface area (Å²) in [5, 5.41) is 0.178. The first-order valence-electron chi connectivity index (χ1n) is 7.17. The quantitative estimate of drug-likeness (QED) is 0.430. The van der Waals surface area contributed by atoms with Gasteiger partial charge in [-0.15, -0.1) is 0 Å². The maximum Gasteiger partial charge on any atom is 0.306 e. The van der Waals surface area contributed by atoms with Crippen LogP contribution in [0.3, 0.4) is 0 Å². The van der Waals surface area contributed by atoms with Gasteiger partial charge in [-0.3, -0.25) is 0 Å². The summed E-state index contributed by atoms with van der Waals surface area (Å²) in [6, 6.07) is 6.47. The summed E-state index contributed by atoms with van der Waals surface area (Å²) in [5.41, 5.74) is 0. The zero-order chi connectivity index (χ0) is 17.0. The van der Waals surface area contributed by atoms with E-state index in [2.05, 4.69) is 33.9 Å². The molecule has 0 saturated carbocycles. The molecule has 0 heterocycles. The first kappa shape index (κ1) is 19.0. The van der Waals surface area contributed by atoms with E-state index >= 15 is 0 Å². The van der Waals surface area contributed by atoms with Crippen LogP contribution in [0.5, 0.6) is 11.5 Å². The van der Waals surface area contributed by atoms with Crippen molar-refractivity contribution in [1.29, 1.82) is 0 Å². The Balaban J connectivity index is 2.43. The average molecular weight is 347 g/mol. The molecule has 0 atom stereocenters. The van der Waals surface area contributed by atoms with Crippen LogP contribution in [0.1, 0.15) is 20.8 Å². The van der Waals surface area contributed by atoms with Gasteiger partial charge in [-0.2, -0.15) is 8.42 Å². The van der Waals surface area contributed by atoms with Crippen LogP contribution in [0, 0.1) is 0 Å². The molecular formula is C15H26O5SSi. The third-order valence-corrected chi connectivity index (χ3v) is 8.73. The minimum absolute atomic E-state index is 0.178. The predicted molar refractivity (Wildman–Crippen MR) is 90.6 cm³/mol. The van der Waals surface area contributed by atoms with Crippen molar-refractivity contribution in [2.75, 3.05) is 19.5 Å². The third-order valence-electron chi connectivity index (χ3n) is 3.69. The van der Waals surface area contributed by atoms with Crippen molar-refractivity contribution in [3.8, 4) is 11.5 Å². The summed E-state index contributed by atoms with van der Waals surface area (Å²) in [7, 11) is -5.24. The van der Waals surface area contributed by atoms with Crippen molar-refractivity contribution in [3.63, 3.8) is 0 Å². The van der Waals surface area contributed by atoms with E-state index in [0.29, 0.717) is 19.0 Å². The van der Waals surface area contributed by atoms with Gasteiger partial charge in [-0.25, -0.2) is 0 Å². The minimum atomic E-state index is -3.50. The standard InChI is InChI=1S/C15H26O5SSi/c1-15(2,3)22(5,6)19-12-11-18-13-7-9-14(10-8-13)20-21(4,16)17/h7-10H,11-12H2,1-6H3. The van der Waals surface area contributed by atoms with Crippen molar-refractivity contribution in [2.45, 2.75) is 38.9 Å². The van der Waals surface area contributed by atoms with E-state index in [9.17, 15) is 8.42 Å². The van der Waals surface area contributed by atoms with Crippen LogP contribution in [0.4, 0.5) is 0 Å². The van der Waals surface area contributed by atoms with Gasteiger partial charge in [-0.05, 0) is 42.4 Å². The molecule has 1 rings (SSSR count). The number of benzene rings is 1. The van der Waals surface area contributed by atoms with E-state index < -0.39 is 18.4 Å². The fourth-order valence-electron chi connectivity index (χ4n) is 1.44. The Kier molecular flexibility index (Phi) is 6.06. The first-order chi connectivity index (χ1) is 9.91. The van der Waals surface area contributed by atoms with Crippen molar-refractivity contribution in [1.82, 2.24) is 0 Å². The zero-order valence-corrected chi connectivity index (χ0v) is 16.0. The normalized spacial score (nSPS) is 13.0. The summed E-state index contributed by atoms with van der Waals surface area (Å²) in [5.74, 6) is 0.923. The van der Waals surface area contributed by atoms with E-state index in [1.165, 1.54) is 0 Å². The second kappa shape index (κ2) is 7.02. The Morgan fingerprint density at radius 1 is 1.00 bits per heavy atom. The topological polar surface area (TPSA) is 61.8 Å². The molecule has 0 saturated heterocycles. The monoisotopic (exact) mass is 346 g/mol. The third kappa shape index (κ3) is 6.37. The number of rotatable bonds is 7. The molecule has 0 aliphatic carbocycles. The molecule has 0 amide bonds. The van der Waals surface area contributed by atoms with Crippen LogP contribution in [0.25, 0.3) is 0 Å². The van der Waals surface area contributed by atoms with E-state index in [1.807, 2.05) is 0 Å². The van der Waals surface area contributed by atoms with Gasteiger partial charge in [0.25, 0.3) is 0 Å². The smallest absolute Gasteiger partial charge is 0.306 e. The molecule has 0 unspecified atom stereocenters. The lowest BCUT2D eigenvalue weighted by atomic mass is 10.2. The summed E-state index contributed by atoms with van der Waals surface area (Å²) in [6.45, 7) is 12.0. The summed E-state index contributed by atoms with van der Waals surface area (Å²) in [4.78, 5) is 0. The van der Waals surface area contributed by atoms with Crippen LogP contribution >= 0.6 is 0 Å². The fourth-order valence-corrected chi connectivity index (χ4v) is 2.93. The Bertz CT molecular complexity index is 573. The molecule has 0 N–H and O–H groups in total. The van der Waals surface area contributed by atoms with Gasteiger partial charge in [0.15, 0.2) is 8.32 Å². The second-order valence-corrected chi connectivity index (χ2v) is 13.1. The Morgan fingerprint density at radius 2 is 1.50 bits per heavy atom. The van der Waals surface area contributed by atoms with E-state index in [0.717, 1.165) is 6.26 Å². The second-order valence-electron chi connectivity index (χ2n) is 6.72. The molecular weight excluding hydrogens is 320 g/mol. The summed E-state index contributed by atoms with van der Waals surface area (Å²) >= 11 is 0. The van der Waals surface area contributed by atoms with Gasteiger partial charge >= 0.3 is 10.1 Å². The SMILES string of the molecule is CC(C)(C)[Si](C)(C)OCCOc1ccc(OS(C)(=O)=O)cc1. The first-order valence-corrected chi connectivity index (χ1v) is 11.9. The molecule has 0 aliphatic heterocycles. The summed E-state index contributed by atoms with van der Waals surface area (Å²) < 4.78 is 38.4. The highest BCUT2D eigenvalue weighted by Gasteiger charge is 2.36. The molecule has 1 aromatic rings. The maximum atomic E-state index is 11.0. The molecule has 5 nitrogen and oxygen atoms in total. The van der Waals surface area contributed by atoms with Crippen molar-refractivity contribution in [2.24, 2.45) is 0 Å². The molecule has 126 valence electrons. The molecule has 7 heteroatoms. The molecule has 0 aromatic heterocycles. The number of hydrogen-bond acceptors (Lipinski definition) is 5. The van der Waals surface area contributed by atoms with Gasteiger partial charge in [0, 0.05) is 0 Å². The van der Waals surface area contributed by atoms with E-state index in [-0.39, 0.29) is 10.8 Å². The minimum Gasteiger partial charge on any atom is -0.491 e. The van der Waals surface area contributed by atoms with Gasteiger partial charge in [0.1, 0.15) is 18.1 Å². The largest absolute Gasteiger partial charge is 0.491 e. The Morgan fingerprint density at radius 3 is 1.95 bits per heavy atom. The summed E-state index contributed by atoms with van der Waals surface area (Å²) in [6.07, 6.45) is 1.01. The predicted octanol–water partition coefficient (Wildman–Crippen LogP) is 3.43. The lowest BCUT2D eigenvalue weighted by molar-refractivity contribution is 0.203. The van der Waals surface area contributed by atoms with E-state index in [4.69, 9.17) is 13.3 Å². The van der Waals surface area contributed by atoms with Crippen LogP contribution in [0.15, 0.2) is 24.3 Å². The van der Waals surface area contributed by atoms with Crippen molar-refractivity contribution >= 4 is 18.4 Å². The molecule has 0 fully saturated rings. The van der Waals surface area contributed by atoms with Crippen LogP contribution in [-0.4, -0.2) is 36.2 Å². The fraction of sp³-hybridized carbons (Fsp3) is 0.600. The highest BCUT2D eigenvalue weighted by molar-refractivity contribution is 7.86. The molecule has 0 spiro atoms. The van der Waals surface area contributed by atoms with Crippen molar-refractivity contribution < 1.29 is 21.8 Å². The van der Waals surface area contributed by atoms with Crippen LogP contribution in [0.2, 0.25) is 18.1 Å². The van der Waals surface area contributed by atoms with Gasteiger partial charge in [-0.1, -0.05) is 20.8 Å². The Labute approximate surface area is 134 Å². The molecule has 1 aromatic carbocycles. The maximum absolute atomic E-state index is 11.0. The van der Waals surface area contributed by atoms with E-state index in [1.54, 1.807) is 24.3 Å². The van der Waals surface area contributed by atoms with Crippen molar-refractivity contribution in [3.05, 3.63) is 24.3 Å².